The van der Waals surface area contributed by atoms with Gasteiger partial charge in [-0.1, -0.05) is 70.9 Å². The van der Waals surface area contributed by atoms with Crippen LogP contribution in [0.4, 0.5) is 5.69 Å². The van der Waals surface area contributed by atoms with Crippen molar-refractivity contribution in [1.29, 1.82) is 0 Å². The second kappa shape index (κ2) is 15.0. The monoisotopic (exact) mass is 470 g/mol. The molecule has 0 atom stereocenters. The molecule has 0 bridgehead atoms. The lowest BCUT2D eigenvalue weighted by Crippen LogP contribution is -2.16. The van der Waals surface area contributed by atoms with E-state index in [1.165, 1.54) is 0 Å². The molecule has 0 aliphatic heterocycles. The van der Waals surface area contributed by atoms with Crippen LogP contribution in [0, 0.1) is 20.8 Å². The predicted molar refractivity (Wildman–Crippen MR) is 140 cm³/mol. The molecule has 5 nitrogen and oxygen atoms in total. The van der Waals surface area contributed by atoms with Crippen LogP contribution in [0.15, 0.2) is 65.7 Å². The number of nitrogens with one attached hydrogen (secondary N) is 1. The third kappa shape index (κ3) is 8.46. The SMILES string of the molecule is CC.CC.CC.Cc1ccc(S(=O)(=O)Nc2ccc(C)cc2C(=O)c2cccnc2C)cc1. The number of hydrogen-bond donors (Lipinski definition) is 1. The van der Waals surface area contributed by atoms with E-state index in [2.05, 4.69) is 9.71 Å². The van der Waals surface area contributed by atoms with Gasteiger partial charge in [-0.05, 0) is 57.2 Å². The number of rotatable bonds is 5. The van der Waals surface area contributed by atoms with Gasteiger partial charge in [0.2, 0.25) is 0 Å². The maximum atomic E-state index is 13.0. The lowest BCUT2D eigenvalue weighted by molar-refractivity contribution is 0.103. The Morgan fingerprint density at radius 2 is 1.30 bits per heavy atom. The highest BCUT2D eigenvalue weighted by atomic mass is 32.2. The van der Waals surface area contributed by atoms with Gasteiger partial charge in [0.25, 0.3) is 10.0 Å². The minimum Gasteiger partial charge on any atom is -0.288 e. The highest BCUT2D eigenvalue weighted by Gasteiger charge is 2.21. The summed E-state index contributed by atoms with van der Waals surface area (Å²) in [6.45, 7) is 17.5. The number of aromatic nitrogens is 1. The molecule has 180 valence electrons. The number of carbonyl (C=O) groups excluding carboxylic acids is 1. The second-order valence-corrected chi connectivity index (χ2v) is 8.12. The normalized spacial score (nSPS) is 9.73. The molecular formula is C27H38N2O3S. The van der Waals surface area contributed by atoms with Crippen molar-refractivity contribution < 1.29 is 13.2 Å². The first-order valence-electron chi connectivity index (χ1n) is 11.4. The van der Waals surface area contributed by atoms with Gasteiger partial charge < -0.3 is 0 Å². The molecular weight excluding hydrogens is 432 g/mol. The molecule has 6 heteroatoms. The Morgan fingerprint density at radius 1 is 0.758 bits per heavy atom. The van der Waals surface area contributed by atoms with E-state index in [-0.39, 0.29) is 16.4 Å². The molecule has 1 N–H and O–H groups in total. The van der Waals surface area contributed by atoms with Crippen molar-refractivity contribution >= 4 is 21.5 Å². The Balaban J connectivity index is 0.00000158. The number of ketones is 1. The topological polar surface area (TPSA) is 76.1 Å². The van der Waals surface area contributed by atoms with E-state index in [4.69, 9.17) is 0 Å². The third-order valence-electron chi connectivity index (χ3n) is 4.25. The fraction of sp³-hybridized carbons (Fsp3) is 0.333. The maximum Gasteiger partial charge on any atom is 0.261 e. The zero-order valence-electron chi connectivity index (χ0n) is 21.4. The average Bonchev–Trinajstić information content (AvgIpc) is 2.84. The van der Waals surface area contributed by atoms with E-state index in [0.29, 0.717) is 16.8 Å². The summed E-state index contributed by atoms with van der Waals surface area (Å²) in [5.41, 5.74) is 3.40. The van der Waals surface area contributed by atoms with E-state index >= 15 is 0 Å². The van der Waals surface area contributed by atoms with Crippen LogP contribution >= 0.6 is 0 Å². The zero-order valence-corrected chi connectivity index (χ0v) is 22.2. The summed E-state index contributed by atoms with van der Waals surface area (Å²) in [7, 11) is -3.81. The predicted octanol–water partition coefficient (Wildman–Crippen LogP) is 7.12. The highest BCUT2D eigenvalue weighted by Crippen LogP contribution is 2.25. The molecule has 1 heterocycles. The molecule has 3 rings (SSSR count). The summed E-state index contributed by atoms with van der Waals surface area (Å²) in [6.07, 6.45) is 1.61. The number of hydrogen-bond acceptors (Lipinski definition) is 4. The van der Waals surface area contributed by atoms with Gasteiger partial charge in [-0.3, -0.25) is 14.5 Å². The first kappa shape index (κ1) is 30.0. The molecule has 2 aromatic carbocycles. The Bertz CT molecular complexity index is 1110. The van der Waals surface area contributed by atoms with Gasteiger partial charge in [0, 0.05) is 23.0 Å². The summed E-state index contributed by atoms with van der Waals surface area (Å²) in [5, 5.41) is 0. The Morgan fingerprint density at radius 3 is 1.85 bits per heavy atom. The highest BCUT2D eigenvalue weighted by molar-refractivity contribution is 7.92. The van der Waals surface area contributed by atoms with E-state index in [0.717, 1.165) is 11.1 Å². The summed E-state index contributed by atoms with van der Waals surface area (Å²) in [5.74, 6) is -0.272. The lowest BCUT2D eigenvalue weighted by Gasteiger charge is -2.14. The molecule has 0 spiro atoms. The quantitative estimate of drug-likeness (QED) is 0.403. The fourth-order valence-electron chi connectivity index (χ4n) is 2.73. The minimum absolute atomic E-state index is 0.143. The van der Waals surface area contributed by atoms with Crippen LogP contribution in [0.5, 0.6) is 0 Å². The van der Waals surface area contributed by atoms with E-state index in [1.54, 1.807) is 67.7 Å². The van der Waals surface area contributed by atoms with Crippen LogP contribution in [0.25, 0.3) is 0 Å². The number of aryl methyl sites for hydroxylation is 3. The molecule has 3 aromatic rings. The standard InChI is InChI=1S/C21H20N2O3S.3C2H6/c1-14-6-9-17(10-7-14)27(25,26)23-20-11-8-15(2)13-19(20)21(24)18-5-4-12-22-16(18)3;3*1-2/h4-13,23H,1-3H3;3*1-2H3. The van der Waals surface area contributed by atoms with Gasteiger partial charge in [-0.15, -0.1) is 0 Å². The van der Waals surface area contributed by atoms with Gasteiger partial charge in [0.05, 0.1) is 10.6 Å². The number of sulfonamides is 1. The lowest BCUT2D eigenvalue weighted by atomic mass is 9.99. The Kier molecular flexibility index (Phi) is 13.6. The third-order valence-corrected chi connectivity index (χ3v) is 5.63. The van der Waals surface area contributed by atoms with E-state index in [9.17, 15) is 13.2 Å². The van der Waals surface area contributed by atoms with Crippen molar-refractivity contribution in [2.75, 3.05) is 4.72 Å². The van der Waals surface area contributed by atoms with Crippen LogP contribution in [0.2, 0.25) is 0 Å². The van der Waals surface area contributed by atoms with Gasteiger partial charge in [0.15, 0.2) is 5.78 Å². The molecule has 0 saturated heterocycles. The molecule has 0 saturated carbocycles. The zero-order chi connectivity index (χ0) is 25.6. The van der Waals surface area contributed by atoms with Crippen LogP contribution in [-0.2, 0) is 10.0 Å². The van der Waals surface area contributed by atoms with Gasteiger partial charge in [-0.25, -0.2) is 8.42 Å². The smallest absolute Gasteiger partial charge is 0.261 e. The first-order chi connectivity index (χ1) is 15.8. The van der Waals surface area contributed by atoms with Crippen molar-refractivity contribution in [2.45, 2.75) is 67.2 Å². The molecule has 0 aliphatic carbocycles. The van der Waals surface area contributed by atoms with Crippen molar-refractivity contribution in [3.8, 4) is 0 Å². The largest absolute Gasteiger partial charge is 0.288 e. The van der Waals surface area contributed by atoms with Crippen molar-refractivity contribution in [3.05, 3.63) is 88.7 Å². The van der Waals surface area contributed by atoms with Gasteiger partial charge in [0.1, 0.15) is 0 Å². The van der Waals surface area contributed by atoms with E-state index < -0.39 is 10.0 Å². The van der Waals surface area contributed by atoms with Crippen molar-refractivity contribution in [2.24, 2.45) is 0 Å². The summed E-state index contributed by atoms with van der Waals surface area (Å²) < 4.78 is 28.0. The second-order valence-electron chi connectivity index (χ2n) is 6.43. The molecule has 0 unspecified atom stereocenters. The first-order valence-corrected chi connectivity index (χ1v) is 12.9. The Labute approximate surface area is 200 Å². The number of anilines is 1. The molecule has 1 aromatic heterocycles. The van der Waals surface area contributed by atoms with E-state index in [1.807, 2.05) is 55.4 Å². The summed E-state index contributed by atoms with van der Waals surface area (Å²) in [4.78, 5) is 17.3. The maximum absolute atomic E-state index is 13.0. The summed E-state index contributed by atoms with van der Waals surface area (Å²) >= 11 is 0. The number of nitrogens with zero attached hydrogens (tertiary/aromatic N) is 1. The number of benzene rings is 2. The fourth-order valence-corrected chi connectivity index (χ4v) is 3.81. The van der Waals surface area contributed by atoms with Crippen molar-refractivity contribution in [1.82, 2.24) is 4.98 Å². The number of pyridine rings is 1. The average molecular weight is 471 g/mol. The van der Waals surface area contributed by atoms with Gasteiger partial charge in [-0.2, -0.15) is 0 Å². The molecule has 0 radical (unpaired) electrons. The van der Waals surface area contributed by atoms with Crippen LogP contribution in [0.3, 0.4) is 0 Å². The van der Waals surface area contributed by atoms with Crippen LogP contribution < -0.4 is 4.72 Å². The molecule has 0 amide bonds. The molecule has 0 fully saturated rings. The summed E-state index contributed by atoms with van der Waals surface area (Å²) in [6, 6.07) is 15.0. The van der Waals surface area contributed by atoms with Gasteiger partial charge >= 0.3 is 0 Å². The number of carbonyl (C=O) groups is 1. The minimum atomic E-state index is -3.81. The van der Waals surface area contributed by atoms with Crippen LogP contribution in [0.1, 0.15) is 74.3 Å². The Hall–Kier alpha value is -2.99. The molecule has 0 aliphatic rings. The molecule has 33 heavy (non-hydrogen) atoms. The van der Waals surface area contributed by atoms with Crippen molar-refractivity contribution in [3.63, 3.8) is 0 Å². The van der Waals surface area contributed by atoms with Crippen LogP contribution in [-0.4, -0.2) is 19.2 Å².